The summed E-state index contributed by atoms with van der Waals surface area (Å²) in [5.41, 5.74) is 6.25. The van der Waals surface area contributed by atoms with Crippen LogP contribution in [0.3, 0.4) is 0 Å². The van der Waals surface area contributed by atoms with E-state index in [4.69, 9.17) is 17.4 Å². The van der Waals surface area contributed by atoms with Gasteiger partial charge < -0.3 is 0 Å². The zero-order valence-corrected chi connectivity index (χ0v) is 12.7. The van der Waals surface area contributed by atoms with Crippen molar-refractivity contribution in [2.24, 2.45) is 12.9 Å². The summed E-state index contributed by atoms with van der Waals surface area (Å²) >= 11 is 6.26. The number of aromatic nitrogens is 2. The van der Waals surface area contributed by atoms with E-state index in [9.17, 15) is 0 Å². The van der Waals surface area contributed by atoms with Gasteiger partial charge in [-0.1, -0.05) is 41.9 Å². The van der Waals surface area contributed by atoms with E-state index in [1.807, 2.05) is 20.0 Å². The van der Waals surface area contributed by atoms with Crippen molar-refractivity contribution < 1.29 is 0 Å². The minimum atomic E-state index is 0.190. The molecule has 0 bridgehead atoms. The SMILES string of the molecule is Cc1nn(C)c(Cl)c1CC(CCc1ccccc1)NN. The van der Waals surface area contributed by atoms with Crippen LogP contribution in [-0.2, 0) is 19.9 Å². The van der Waals surface area contributed by atoms with E-state index in [1.165, 1.54) is 5.56 Å². The van der Waals surface area contributed by atoms with Crippen LogP contribution in [0, 0.1) is 6.92 Å². The molecule has 2 aromatic rings. The van der Waals surface area contributed by atoms with Crippen molar-refractivity contribution in [1.29, 1.82) is 0 Å². The zero-order valence-electron chi connectivity index (χ0n) is 11.9. The molecule has 0 aliphatic rings. The summed E-state index contributed by atoms with van der Waals surface area (Å²) in [6, 6.07) is 10.6. The Hall–Kier alpha value is -1.36. The van der Waals surface area contributed by atoms with Gasteiger partial charge in [0.2, 0.25) is 0 Å². The van der Waals surface area contributed by atoms with E-state index in [-0.39, 0.29) is 6.04 Å². The average Bonchev–Trinajstić information content (AvgIpc) is 2.70. The Balaban J connectivity index is 1.99. The van der Waals surface area contributed by atoms with Crippen LogP contribution in [0.25, 0.3) is 0 Å². The van der Waals surface area contributed by atoms with E-state index in [0.29, 0.717) is 5.15 Å². The molecular weight excluding hydrogens is 272 g/mol. The zero-order chi connectivity index (χ0) is 14.5. The summed E-state index contributed by atoms with van der Waals surface area (Å²) in [5, 5.41) is 5.03. The minimum absolute atomic E-state index is 0.190. The lowest BCUT2D eigenvalue weighted by molar-refractivity contribution is 0.490. The lowest BCUT2D eigenvalue weighted by atomic mass is 10.00. The molecule has 0 saturated heterocycles. The predicted octanol–water partition coefficient (Wildman–Crippen LogP) is 2.39. The number of hydrogen-bond donors (Lipinski definition) is 2. The second kappa shape index (κ2) is 6.88. The van der Waals surface area contributed by atoms with Crippen LogP contribution in [0.15, 0.2) is 30.3 Å². The Kier molecular flexibility index (Phi) is 5.17. The number of halogens is 1. The van der Waals surface area contributed by atoms with Gasteiger partial charge in [-0.05, 0) is 31.7 Å². The van der Waals surface area contributed by atoms with Gasteiger partial charge in [0.25, 0.3) is 0 Å². The fourth-order valence-electron chi connectivity index (χ4n) is 2.38. The van der Waals surface area contributed by atoms with Crippen molar-refractivity contribution in [3.05, 3.63) is 52.3 Å². The van der Waals surface area contributed by atoms with Crippen molar-refractivity contribution in [2.75, 3.05) is 0 Å². The first-order valence-electron chi connectivity index (χ1n) is 6.80. The van der Waals surface area contributed by atoms with Gasteiger partial charge in [-0.25, -0.2) is 0 Å². The molecule has 0 saturated carbocycles. The van der Waals surface area contributed by atoms with Crippen LogP contribution < -0.4 is 11.3 Å². The normalized spacial score (nSPS) is 12.6. The van der Waals surface area contributed by atoms with Crippen LogP contribution in [0.4, 0.5) is 0 Å². The van der Waals surface area contributed by atoms with E-state index in [1.54, 1.807) is 4.68 Å². The summed E-state index contributed by atoms with van der Waals surface area (Å²) in [7, 11) is 1.85. The number of nitrogens with two attached hydrogens (primary N) is 1. The van der Waals surface area contributed by atoms with Gasteiger partial charge in [0.15, 0.2) is 0 Å². The Morgan fingerprint density at radius 2 is 2.05 bits per heavy atom. The minimum Gasteiger partial charge on any atom is -0.271 e. The summed E-state index contributed by atoms with van der Waals surface area (Å²) in [5.74, 6) is 5.67. The van der Waals surface area contributed by atoms with Gasteiger partial charge in [0.05, 0.1) is 5.69 Å². The Morgan fingerprint density at radius 1 is 1.35 bits per heavy atom. The van der Waals surface area contributed by atoms with Crippen molar-refractivity contribution in [1.82, 2.24) is 15.2 Å². The largest absolute Gasteiger partial charge is 0.271 e. The van der Waals surface area contributed by atoms with Gasteiger partial charge in [-0.3, -0.25) is 16.0 Å². The molecule has 108 valence electrons. The van der Waals surface area contributed by atoms with Gasteiger partial charge in [-0.15, -0.1) is 0 Å². The van der Waals surface area contributed by atoms with E-state index in [0.717, 1.165) is 30.5 Å². The molecule has 1 aromatic carbocycles. The molecule has 5 heteroatoms. The lowest BCUT2D eigenvalue weighted by Gasteiger charge is -2.15. The van der Waals surface area contributed by atoms with Crippen LogP contribution in [0.5, 0.6) is 0 Å². The van der Waals surface area contributed by atoms with Gasteiger partial charge in [0.1, 0.15) is 5.15 Å². The molecule has 0 aliphatic heterocycles. The van der Waals surface area contributed by atoms with Crippen LogP contribution >= 0.6 is 11.6 Å². The fraction of sp³-hybridized carbons (Fsp3) is 0.400. The molecule has 1 atom stereocenters. The highest BCUT2D eigenvalue weighted by Crippen LogP contribution is 2.21. The molecule has 20 heavy (non-hydrogen) atoms. The molecule has 3 N–H and O–H groups in total. The molecule has 0 fully saturated rings. The monoisotopic (exact) mass is 292 g/mol. The first-order valence-corrected chi connectivity index (χ1v) is 7.17. The molecule has 2 rings (SSSR count). The van der Waals surface area contributed by atoms with E-state index in [2.05, 4.69) is 34.8 Å². The molecule has 1 unspecified atom stereocenters. The highest BCUT2D eigenvalue weighted by Gasteiger charge is 2.16. The third-order valence-corrected chi connectivity index (χ3v) is 4.05. The number of nitrogens with one attached hydrogen (secondary N) is 1. The number of benzene rings is 1. The number of aryl methyl sites for hydroxylation is 3. The van der Waals surface area contributed by atoms with Gasteiger partial charge >= 0.3 is 0 Å². The molecule has 0 radical (unpaired) electrons. The standard InChI is InChI=1S/C15H21ClN4/c1-11-14(15(16)20(2)19-11)10-13(18-17)9-8-12-6-4-3-5-7-12/h3-7,13,18H,8-10,17H2,1-2H3. The molecule has 4 nitrogen and oxygen atoms in total. The second-order valence-corrected chi connectivity index (χ2v) is 5.43. The number of rotatable bonds is 6. The third kappa shape index (κ3) is 3.60. The molecule has 1 aromatic heterocycles. The number of hydrogen-bond acceptors (Lipinski definition) is 3. The smallest absolute Gasteiger partial charge is 0.130 e. The fourth-order valence-corrected chi connectivity index (χ4v) is 2.63. The topological polar surface area (TPSA) is 55.9 Å². The van der Waals surface area contributed by atoms with Gasteiger partial charge in [0, 0.05) is 18.7 Å². The van der Waals surface area contributed by atoms with Crippen LogP contribution in [-0.4, -0.2) is 15.8 Å². The van der Waals surface area contributed by atoms with E-state index >= 15 is 0 Å². The molecule has 0 spiro atoms. The van der Waals surface area contributed by atoms with Crippen LogP contribution in [0.2, 0.25) is 5.15 Å². The first-order chi connectivity index (χ1) is 9.61. The highest BCUT2D eigenvalue weighted by molar-refractivity contribution is 6.30. The third-order valence-electron chi connectivity index (χ3n) is 3.58. The maximum Gasteiger partial charge on any atom is 0.130 e. The first kappa shape index (κ1) is 15.0. The molecule has 0 amide bonds. The highest BCUT2D eigenvalue weighted by atomic mass is 35.5. The second-order valence-electron chi connectivity index (χ2n) is 5.07. The van der Waals surface area contributed by atoms with Gasteiger partial charge in [-0.2, -0.15) is 5.10 Å². The summed E-state index contributed by atoms with van der Waals surface area (Å²) in [4.78, 5) is 0. The molecule has 0 aliphatic carbocycles. The predicted molar refractivity (Wildman–Crippen MR) is 82.5 cm³/mol. The average molecular weight is 293 g/mol. The lowest BCUT2D eigenvalue weighted by Crippen LogP contribution is -2.37. The Bertz CT molecular complexity index is 551. The van der Waals surface area contributed by atoms with Crippen molar-refractivity contribution in [2.45, 2.75) is 32.2 Å². The van der Waals surface area contributed by atoms with Crippen LogP contribution in [0.1, 0.15) is 23.2 Å². The summed E-state index contributed by atoms with van der Waals surface area (Å²) < 4.78 is 1.71. The quantitative estimate of drug-likeness (QED) is 0.635. The number of hydrazine groups is 1. The Labute approximate surface area is 124 Å². The van der Waals surface area contributed by atoms with Crippen molar-refractivity contribution in [3.63, 3.8) is 0 Å². The summed E-state index contributed by atoms with van der Waals surface area (Å²) in [6.45, 7) is 1.98. The maximum atomic E-state index is 6.26. The maximum absolute atomic E-state index is 6.26. The Morgan fingerprint density at radius 3 is 2.60 bits per heavy atom. The van der Waals surface area contributed by atoms with Crippen molar-refractivity contribution >= 4 is 11.6 Å². The van der Waals surface area contributed by atoms with E-state index < -0.39 is 0 Å². The van der Waals surface area contributed by atoms with Crippen molar-refractivity contribution in [3.8, 4) is 0 Å². The number of nitrogens with zero attached hydrogens (tertiary/aromatic N) is 2. The summed E-state index contributed by atoms with van der Waals surface area (Å²) in [6.07, 6.45) is 2.75. The molecular formula is C15H21ClN4. The molecule has 1 heterocycles.